The van der Waals surface area contributed by atoms with E-state index in [1.54, 1.807) is 6.20 Å². The van der Waals surface area contributed by atoms with Gasteiger partial charge in [0.15, 0.2) is 0 Å². The second-order valence-electron chi connectivity index (χ2n) is 8.02. The minimum Gasteiger partial charge on any atom is -0.386 e. The van der Waals surface area contributed by atoms with E-state index in [0.717, 1.165) is 17.6 Å². The molecule has 4 rings (SSSR count). The Morgan fingerprint density at radius 3 is 2.83 bits per heavy atom. The van der Waals surface area contributed by atoms with Crippen molar-refractivity contribution in [3.63, 3.8) is 0 Å². The first-order valence-electron chi connectivity index (χ1n) is 10.1. The number of nitrogens with one attached hydrogen (secondary N) is 1. The third kappa shape index (κ3) is 3.82. The quantitative estimate of drug-likeness (QED) is 0.697. The highest BCUT2D eigenvalue weighted by Crippen LogP contribution is 2.32. The molecule has 2 N–H and O–H groups in total. The van der Waals surface area contributed by atoms with Crippen molar-refractivity contribution < 1.29 is 9.90 Å². The van der Waals surface area contributed by atoms with Crippen molar-refractivity contribution in [1.82, 2.24) is 24.9 Å². The van der Waals surface area contributed by atoms with E-state index in [4.69, 9.17) is 0 Å². The van der Waals surface area contributed by atoms with Crippen LogP contribution >= 0.6 is 0 Å². The van der Waals surface area contributed by atoms with Gasteiger partial charge >= 0.3 is 0 Å². The average Bonchev–Trinajstić information content (AvgIpc) is 3.30. The number of hydrogen-bond donors (Lipinski definition) is 2. The molecule has 1 atom stereocenters. The van der Waals surface area contributed by atoms with Crippen LogP contribution in [0.15, 0.2) is 36.5 Å². The number of aromatic nitrogens is 4. The molecule has 29 heavy (non-hydrogen) atoms. The molecule has 0 aliphatic carbocycles. The van der Waals surface area contributed by atoms with E-state index in [2.05, 4.69) is 46.5 Å². The Bertz CT molecular complexity index is 1060. The zero-order valence-electron chi connectivity index (χ0n) is 17.1. The van der Waals surface area contributed by atoms with Crippen molar-refractivity contribution in [2.75, 3.05) is 13.1 Å². The van der Waals surface area contributed by atoms with Gasteiger partial charge in [-0.05, 0) is 30.9 Å². The molecule has 1 amide bonds. The molecule has 0 bridgehead atoms. The van der Waals surface area contributed by atoms with E-state index in [1.165, 1.54) is 21.2 Å². The van der Waals surface area contributed by atoms with Crippen LogP contribution in [0.5, 0.6) is 0 Å². The van der Waals surface area contributed by atoms with Crippen LogP contribution in [0.1, 0.15) is 43.3 Å². The molecule has 3 heterocycles. The first-order valence-corrected chi connectivity index (χ1v) is 10.1. The van der Waals surface area contributed by atoms with E-state index in [1.807, 2.05) is 24.8 Å². The van der Waals surface area contributed by atoms with Gasteiger partial charge in [0.25, 0.3) is 0 Å². The largest absolute Gasteiger partial charge is 0.386 e. The fourth-order valence-electron chi connectivity index (χ4n) is 3.92. The van der Waals surface area contributed by atoms with Gasteiger partial charge in [-0.3, -0.25) is 4.79 Å². The van der Waals surface area contributed by atoms with Crippen molar-refractivity contribution in [3.8, 4) is 0 Å². The standard InChI is InChI=1S/C22H27N5O2/c1-14(2)22(29)19-12-27(25-24-19)13-20(28)26-10-8-16(9-11-26)21-15(3)23-18-7-5-4-6-17(18)21/h4-8,12,14,22-23,29H,9-11,13H2,1-3H3. The number of aliphatic hydroxyl groups excluding tert-OH is 1. The number of hydrogen-bond acceptors (Lipinski definition) is 4. The summed E-state index contributed by atoms with van der Waals surface area (Å²) >= 11 is 0. The van der Waals surface area contributed by atoms with E-state index in [9.17, 15) is 9.90 Å². The summed E-state index contributed by atoms with van der Waals surface area (Å²) < 4.78 is 1.51. The number of fused-ring (bicyclic) bond motifs is 1. The predicted molar refractivity (Wildman–Crippen MR) is 112 cm³/mol. The van der Waals surface area contributed by atoms with Gasteiger partial charge in [-0.2, -0.15) is 0 Å². The molecule has 0 fully saturated rings. The summed E-state index contributed by atoms with van der Waals surface area (Å²) in [7, 11) is 0. The molecule has 0 saturated heterocycles. The Kier molecular flexibility index (Phi) is 5.24. The number of aryl methyl sites for hydroxylation is 1. The third-order valence-electron chi connectivity index (χ3n) is 5.56. The lowest BCUT2D eigenvalue weighted by Gasteiger charge is -2.26. The van der Waals surface area contributed by atoms with Gasteiger partial charge in [-0.15, -0.1) is 5.10 Å². The summed E-state index contributed by atoms with van der Waals surface area (Å²) in [4.78, 5) is 18.0. The summed E-state index contributed by atoms with van der Waals surface area (Å²) in [6.45, 7) is 7.33. The molecule has 7 heteroatoms. The lowest BCUT2D eigenvalue weighted by atomic mass is 9.96. The molecule has 1 aromatic carbocycles. The number of benzene rings is 1. The van der Waals surface area contributed by atoms with Crippen molar-refractivity contribution >= 4 is 22.4 Å². The third-order valence-corrected chi connectivity index (χ3v) is 5.56. The summed E-state index contributed by atoms with van der Waals surface area (Å²) in [5.41, 5.74) is 5.35. The van der Waals surface area contributed by atoms with Crippen LogP contribution in [0.25, 0.3) is 16.5 Å². The normalized spacial score (nSPS) is 15.8. The molecular weight excluding hydrogens is 366 g/mol. The van der Waals surface area contributed by atoms with Crippen LogP contribution < -0.4 is 0 Å². The van der Waals surface area contributed by atoms with E-state index in [0.29, 0.717) is 18.8 Å². The van der Waals surface area contributed by atoms with Crippen LogP contribution in [0.3, 0.4) is 0 Å². The molecule has 1 aliphatic heterocycles. The van der Waals surface area contributed by atoms with Gasteiger partial charge < -0.3 is 15.0 Å². The maximum absolute atomic E-state index is 12.7. The monoisotopic (exact) mass is 393 g/mol. The second kappa shape index (κ2) is 7.83. The van der Waals surface area contributed by atoms with Crippen LogP contribution in [0.4, 0.5) is 0 Å². The molecule has 0 spiro atoms. The molecule has 1 aliphatic rings. The number of aromatic amines is 1. The summed E-state index contributed by atoms with van der Waals surface area (Å²) in [5.74, 6) is 0.0564. The van der Waals surface area contributed by atoms with Crippen LogP contribution in [-0.2, 0) is 11.3 Å². The van der Waals surface area contributed by atoms with Gasteiger partial charge in [0, 0.05) is 35.2 Å². The summed E-state index contributed by atoms with van der Waals surface area (Å²) in [6, 6.07) is 8.32. The van der Waals surface area contributed by atoms with Gasteiger partial charge in [0.05, 0.1) is 6.20 Å². The Morgan fingerprint density at radius 1 is 1.31 bits per heavy atom. The molecule has 1 unspecified atom stereocenters. The Balaban J connectivity index is 1.44. The first-order chi connectivity index (χ1) is 13.9. The Labute approximate surface area is 170 Å². The topological polar surface area (TPSA) is 87.0 Å². The minimum atomic E-state index is -0.668. The number of nitrogens with zero attached hydrogens (tertiary/aromatic N) is 4. The van der Waals surface area contributed by atoms with Crippen LogP contribution in [0.2, 0.25) is 0 Å². The molecule has 2 aromatic heterocycles. The van der Waals surface area contributed by atoms with E-state index >= 15 is 0 Å². The van der Waals surface area contributed by atoms with Gasteiger partial charge in [0.1, 0.15) is 18.3 Å². The van der Waals surface area contributed by atoms with Crippen molar-refractivity contribution in [3.05, 3.63) is 53.5 Å². The Morgan fingerprint density at radius 2 is 2.10 bits per heavy atom. The predicted octanol–water partition coefficient (Wildman–Crippen LogP) is 3.07. The number of amides is 1. The van der Waals surface area contributed by atoms with Crippen molar-refractivity contribution in [2.24, 2.45) is 5.92 Å². The van der Waals surface area contributed by atoms with Crippen LogP contribution in [-0.4, -0.2) is 49.0 Å². The second-order valence-corrected chi connectivity index (χ2v) is 8.02. The molecular formula is C22H27N5O2. The van der Waals surface area contributed by atoms with E-state index < -0.39 is 6.10 Å². The number of carbonyl (C=O) groups excluding carboxylic acids is 1. The molecule has 0 radical (unpaired) electrons. The lowest BCUT2D eigenvalue weighted by Crippen LogP contribution is -2.37. The fraction of sp³-hybridized carbons (Fsp3) is 0.409. The fourth-order valence-corrected chi connectivity index (χ4v) is 3.92. The maximum Gasteiger partial charge on any atom is 0.244 e. The number of rotatable bonds is 5. The van der Waals surface area contributed by atoms with Gasteiger partial charge in [-0.1, -0.05) is 43.3 Å². The Hall–Kier alpha value is -2.93. The maximum atomic E-state index is 12.7. The van der Waals surface area contributed by atoms with Gasteiger partial charge in [0.2, 0.25) is 5.91 Å². The molecule has 7 nitrogen and oxygen atoms in total. The summed E-state index contributed by atoms with van der Waals surface area (Å²) in [5, 5.41) is 19.3. The SMILES string of the molecule is Cc1[nH]c2ccccc2c1C1=CCN(C(=O)Cn2cc(C(O)C(C)C)nn2)CC1. The summed E-state index contributed by atoms with van der Waals surface area (Å²) in [6.07, 6.45) is 3.96. The lowest BCUT2D eigenvalue weighted by molar-refractivity contribution is -0.131. The number of H-pyrrole nitrogens is 1. The highest BCUT2D eigenvalue weighted by molar-refractivity contribution is 5.94. The molecule has 3 aromatic rings. The number of para-hydroxylation sites is 1. The zero-order chi connectivity index (χ0) is 20.5. The van der Waals surface area contributed by atoms with Crippen molar-refractivity contribution in [2.45, 2.75) is 39.8 Å². The van der Waals surface area contributed by atoms with Gasteiger partial charge in [-0.25, -0.2) is 4.68 Å². The zero-order valence-corrected chi connectivity index (χ0v) is 17.1. The average molecular weight is 393 g/mol. The number of carbonyl (C=O) groups is 1. The molecule has 152 valence electrons. The molecule has 0 saturated carbocycles. The van der Waals surface area contributed by atoms with E-state index in [-0.39, 0.29) is 18.4 Å². The smallest absolute Gasteiger partial charge is 0.244 e. The van der Waals surface area contributed by atoms with Crippen LogP contribution in [0, 0.1) is 12.8 Å². The highest BCUT2D eigenvalue weighted by atomic mass is 16.3. The first kappa shape index (κ1) is 19.4. The number of aliphatic hydroxyl groups is 1. The van der Waals surface area contributed by atoms with Crippen molar-refractivity contribution in [1.29, 1.82) is 0 Å². The highest BCUT2D eigenvalue weighted by Gasteiger charge is 2.22. The minimum absolute atomic E-state index is 0.00596.